The van der Waals surface area contributed by atoms with Gasteiger partial charge in [-0.05, 0) is 74.8 Å². The lowest BCUT2D eigenvalue weighted by Crippen LogP contribution is -2.55. The number of piperidine rings is 1. The number of rotatable bonds is 6. The molecule has 1 amide bonds. The number of aromatic nitrogens is 3. The molecule has 0 bridgehead atoms. The Morgan fingerprint density at radius 3 is 2.62 bits per heavy atom. The number of hydrogen-bond acceptors (Lipinski definition) is 6. The zero-order valence-corrected chi connectivity index (χ0v) is 23.6. The summed E-state index contributed by atoms with van der Waals surface area (Å²) < 4.78 is 35.4. The monoisotopic (exact) mass is 572 g/mol. The van der Waals surface area contributed by atoms with Crippen LogP contribution in [0.25, 0.3) is 11.0 Å². The van der Waals surface area contributed by atoms with Gasteiger partial charge in [-0.15, -0.1) is 0 Å². The third-order valence-corrected chi connectivity index (χ3v) is 9.51. The van der Waals surface area contributed by atoms with Crippen molar-refractivity contribution in [2.24, 2.45) is 5.41 Å². The van der Waals surface area contributed by atoms with Crippen LogP contribution in [0.5, 0.6) is 11.5 Å². The average molecular weight is 573 g/mol. The minimum absolute atomic E-state index is 0.178. The minimum Gasteiger partial charge on any atom is -0.455 e. The van der Waals surface area contributed by atoms with Crippen LogP contribution in [-0.4, -0.2) is 58.5 Å². The summed E-state index contributed by atoms with van der Waals surface area (Å²) in [6.07, 6.45) is 11.0. The fourth-order valence-electron chi connectivity index (χ4n) is 7.25. The second-order valence-electron chi connectivity index (χ2n) is 11.9. The van der Waals surface area contributed by atoms with E-state index in [9.17, 15) is 13.6 Å². The smallest absolute Gasteiger partial charge is 0.256 e. The molecule has 7 rings (SSSR count). The maximum atomic E-state index is 14.6. The number of likely N-dealkylation sites (tertiary alicyclic amines) is 1. The van der Waals surface area contributed by atoms with E-state index >= 15 is 0 Å². The van der Waals surface area contributed by atoms with Crippen molar-refractivity contribution in [1.82, 2.24) is 25.2 Å². The van der Waals surface area contributed by atoms with E-state index in [4.69, 9.17) is 4.74 Å². The van der Waals surface area contributed by atoms with Crippen LogP contribution >= 0.6 is 0 Å². The Morgan fingerprint density at radius 2 is 1.86 bits per heavy atom. The molecule has 8 nitrogen and oxygen atoms in total. The maximum Gasteiger partial charge on any atom is 0.256 e. The number of fused-ring (bicyclic) bond motifs is 1. The number of aromatic amines is 1. The molecule has 3 aromatic heterocycles. The van der Waals surface area contributed by atoms with Gasteiger partial charge in [0.15, 0.2) is 0 Å². The molecule has 2 saturated heterocycles. The molecule has 1 atom stereocenters. The molecule has 0 radical (unpaired) electrons. The molecule has 0 unspecified atom stereocenters. The fraction of sp³-hybridized carbons (Fsp3) is 0.406. The summed E-state index contributed by atoms with van der Waals surface area (Å²) in [5, 5.41) is 3.59. The highest BCUT2D eigenvalue weighted by Crippen LogP contribution is 2.54. The van der Waals surface area contributed by atoms with Crippen LogP contribution < -0.4 is 15.0 Å². The number of halogens is 2. The summed E-state index contributed by atoms with van der Waals surface area (Å²) >= 11 is 0. The highest BCUT2D eigenvalue weighted by atomic mass is 19.1. The van der Waals surface area contributed by atoms with Crippen LogP contribution in [0.2, 0.25) is 0 Å². The second kappa shape index (κ2) is 10.7. The van der Waals surface area contributed by atoms with Crippen molar-refractivity contribution in [2.75, 3.05) is 31.6 Å². The SMILES string of the molecule is CNC(=O)c1cnc(N2CCC3(CC2)CC(N2CCC[C@H]2c2c(F)cccc2F)C3)cc1Oc1cnc2[nH]ccc2c1. The first-order valence-electron chi connectivity index (χ1n) is 14.7. The molecule has 1 saturated carbocycles. The topological polar surface area (TPSA) is 86.4 Å². The van der Waals surface area contributed by atoms with Gasteiger partial charge in [0.1, 0.15) is 40.2 Å². The highest BCUT2D eigenvalue weighted by Gasteiger charge is 2.50. The Kier molecular flexibility index (Phi) is 6.80. The van der Waals surface area contributed by atoms with Crippen LogP contribution in [-0.2, 0) is 0 Å². The van der Waals surface area contributed by atoms with Gasteiger partial charge in [0.25, 0.3) is 5.91 Å². The molecular formula is C32H34F2N6O2. The molecular weight excluding hydrogens is 538 g/mol. The van der Waals surface area contributed by atoms with Gasteiger partial charge in [0.2, 0.25) is 0 Å². The van der Waals surface area contributed by atoms with Crippen LogP contribution in [0.1, 0.15) is 60.5 Å². The van der Waals surface area contributed by atoms with Gasteiger partial charge in [-0.3, -0.25) is 9.69 Å². The first-order chi connectivity index (χ1) is 20.4. The van der Waals surface area contributed by atoms with E-state index in [1.165, 1.54) is 18.2 Å². The Morgan fingerprint density at radius 1 is 1.07 bits per heavy atom. The highest BCUT2D eigenvalue weighted by molar-refractivity contribution is 5.97. The van der Waals surface area contributed by atoms with Crippen LogP contribution in [0.4, 0.5) is 14.6 Å². The van der Waals surface area contributed by atoms with Crippen molar-refractivity contribution in [3.05, 3.63) is 77.8 Å². The van der Waals surface area contributed by atoms with E-state index in [-0.39, 0.29) is 22.9 Å². The first-order valence-corrected chi connectivity index (χ1v) is 14.7. The number of nitrogens with one attached hydrogen (secondary N) is 2. The van der Waals surface area contributed by atoms with E-state index in [1.54, 1.807) is 19.4 Å². The lowest BCUT2D eigenvalue weighted by atomic mass is 9.60. The number of carbonyl (C=O) groups excluding carboxylic acids is 1. The molecule has 4 aromatic rings. The van der Waals surface area contributed by atoms with Crippen molar-refractivity contribution in [2.45, 2.75) is 50.6 Å². The Balaban J connectivity index is 1.03. The van der Waals surface area contributed by atoms with Crippen LogP contribution in [0, 0.1) is 17.0 Å². The predicted octanol–water partition coefficient (Wildman–Crippen LogP) is 5.97. The van der Waals surface area contributed by atoms with Gasteiger partial charge >= 0.3 is 0 Å². The van der Waals surface area contributed by atoms with E-state index in [0.29, 0.717) is 23.1 Å². The molecule has 10 heteroatoms. The number of amides is 1. The largest absolute Gasteiger partial charge is 0.455 e. The molecule has 218 valence electrons. The second-order valence-corrected chi connectivity index (χ2v) is 11.9. The molecule has 2 N–H and O–H groups in total. The van der Waals surface area contributed by atoms with Gasteiger partial charge in [-0.25, -0.2) is 18.7 Å². The maximum absolute atomic E-state index is 14.6. The van der Waals surface area contributed by atoms with Crippen molar-refractivity contribution >= 4 is 22.8 Å². The van der Waals surface area contributed by atoms with Crippen molar-refractivity contribution in [3.8, 4) is 11.5 Å². The number of nitrogens with zero attached hydrogens (tertiary/aromatic N) is 4. The van der Waals surface area contributed by atoms with E-state index in [2.05, 4.69) is 30.1 Å². The lowest BCUT2D eigenvalue weighted by Gasteiger charge is -2.55. The van der Waals surface area contributed by atoms with Crippen molar-refractivity contribution < 1.29 is 18.3 Å². The average Bonchev–Trinajstić information content (AvgIpc) is 3.65. The van der Waals surface area contributed by atoms with E-state index in [1.807, 2.05) is 24.4 Å². The molecule has 1 spiro atoms. The molecule has 3 fully saturated rings. The summed E-state index contributed by atoms with van der Waals surface area (Å²) in [7, 11) is 1.58. The molecule has 3 aliphatic rings. The predicted molar refractivity (Wildman–Crippen MR) is 156 cm³/mol. The zero-order valence-electron chi connectivity index (χ0n) is 23.6. The standard InChI is InChI=1S/C32H34F2N6O2/c1-35-31(41)23-19-37-28(15-27(23)42-22-14-20-7-10-36-30(20)38-18-22)39-12-8-32(9-13-39)16-21(17-32)40-11-3-6-26(40)29-24(33)4-2-5-25(29)34/h2,4-5,7,10,14-15,18-19,21,26H,3,6,8-9,11-13,16-17H2,1H3,(H,35,41)(H,36,38)/t26-/m0/s1. The van der Waals surface area contributed by atoms with Gasteiger partial charge in [0.05, 0.1) is 6.20 Å². The van der Waals surface area contributed by atoms with Gasteiger partial charge in [0, 0.05) is 61.6 Å². The number of anilines is 1. The Bertz CT molecular complexity index is 1600. The third-order valence-electron chi connectivity index (χ3n) is 9.51. The third kappa shape index (κ3) is 4.77. The number of carbonyl (C=O) groups is 1. The summed E-state index contributed by atoms with van der Waals surface area (Å²) in [5.41, 5.74) is 1.61. The number of benzene rings is 1. The summed E-state index contributed by atoms with van der Waals surface area (Å²) in [5.74, 6) is 0.600. The minimum atomic E-state index is -0.436. The molecule has 42 heavy (non-hydrogen) atoms. The Hall–Kier alpha value is -4.05. The van der Waals surface area contributed by atoms with Crippen molar-refractivity contribution in [3.63, 3.8) is 0 Å². The number of H-pyrrole nitrogens is 1. The van der Waals surface area contributed by atoms with E-state index < -0.39 is 11.6 Å². The molecule has 2 aliphatic heterocycles. The fourth-order valence-corrected chi connectivity index (χ4v) is 7.25. The summed E-state index contributed by atoms with van der Waals surface area (Å²) in [4.78, 5) is 29.3. The number of hydrogen-bond donors (Lipinski definition) is 2. The molecule has 1 aliphatic carbocycles. The summed E-state index contributed by atoms with van der Waals surface area (Å²) in [6.45, 7) is 2.59. The first kappa shape index (κ1) is 26.8. The normalized spacial score (nSPS) is 20.6. The number of pyridine rings is 2. The quantitative estimate of drug-likeness (QED) is 0.296. The lowest BCUT2D eigenvalue weighted by molar-refractivity contribution is -0.0236. The summed E-state index contributed by atoms with van der Waals surface area (Å²) in [6, 6.07) is 10.0. The van der Waals surface area contributed by atoms with E-state index in [0.717, 1.165) is 75.0 Å². The van der Waals surface area contributed by atoms with Crippen LogP contribution in [0.15, 0.2) is 55.0 Å². The van der Waals surface area contributed by atoms with Crippen LogP contribution in [0.3, 0.4) is 0 Å². The Labute approximate surface area is 243 Å². The number of ether oxygens (including phenoxy) is 1. The van der Waals surface area contributed by atoms with Gasteiger partial charge in [-0.1, -0.05) is 6.07 Å². The van der Waals surface area contributed by atoms with Crippen molar-refractivity contribution in [1.29, 1.82) is 0 Å². The molecule has 1 aromatic carbocycles. The van der Waals surface area contributed by atoms with Gasteiger partial charge < -0.3 is 19.9 Å². The zero-order chi connectivity index (χ0) is 28.8. The van der Waals surface area contributed by atoms with Gasteiger partial charge in [-0.2, -0.15) is 0 Å². The molecule has 5 heterocycles.